The summed E-state index contributed by atoms with van der Waals surface area (Å²) in [5.74, 6) is -0.0857. The molecule has 3 heteroatoms. The van der Waals surface area contributed by atoms with Crippen LogP contribution in [-0.2, 0) is 0 Å². The highest BCUT2D eigenvalue weighted by Crippen LogP contribution is 1.99. The van der Waals surface area contributed by atoms with E-state index in [1.807, 2.05) is 0 Å². The fourth-order valence-electron chi connectivity index (χ4n) is 0.806. The number of pyridine rings is 1. The van der Waals surface area contributed by atoms with Gasteiger partial charge in [-0.05, 0) is 19.1 Å². The van der Waals surface area contributed by atoms with Gasteiger partial charge in [0.25, 0.3) is 0 Å². The lowest BCUT2D eigenvalue weighted by Gasteiger charge is -1.93. The molecule has 0 fully saturated rings. The monoisotopic (exact) mass is 162 g/mol. The van der Waals surface area contributed by atoms with Gasteiger partial charge in [-0.25, -0.2) is 0 Å². The Morgan fingerprint density at radius 1 is 1.50 bits per heavy atom. The molecule has 1 aromatic rings. The van der Waals surface area contributed by atoms with Crippen molar-refractivity contribution in [2.45, 2.75) is 6.92 Å². The lowest BCUT2D eigenvalue weighted by Crippen LogP contribution is -1.99. The van der Waals surface area contributed by atoms with Crippen LogP contribution in [0.25, 0.3) is 0 Å². The van der Waals surface area contributed by atoms with Crippen LogP contribution in [0, 0.1) is 0 Å². The van der Waals surface area contributed by atoms with E-state index in [0.29, 0.717) is 11.3 Å². The largest absolute Gasteiger partial charge is 0.402 e. The summed E-state index contributed by atoms with van der Waals surface area (Å²) in [5.41, 5.74) is 6.47. The van der Waals surface area contributed by atoms with Crippen LogP contribution in [-0.4, -0.2) is 10.8 Å². The molecule has 0 saturated heterocycles. The number of allylic oxidation sites excluding steroid dienone is 2. The van der Waals surface area contributed by atoms with Crippen molar-refractivity contribution in [3.8, 4) is 0 Å². The van der Waals surface area contributed by atoms with Gasteiger partial charge in [0.15, 0.2) is 5.78 Å². The first-order chi connectivity index (χ1) is 5.70. The van der Waals surface area contributed by atoms with E-state index in [0.717, 1.165) is 0 Å². The summed E-state index contributed by atoms with van der Waals surface area (Å²) < 4.78 is 0. The Bertz CT molecular complexity index is 300. The highest BCUT2D eigenvalue weighted by atomic mass is 16.1. The molecule has 0 aliphatic heterocycles. The summed E-state index contributed by atoms with van der Waals surface area (Å²) in [6.07, 6.45) is 4.55. The molecule has 0 atom stereocenters. The van der Waals surface area contributed by atoms with Crippen molar-refractivity contribution in [1.29, 1.82) is 0 Å². The first-order valence-corrected chi connectivity index (χ1v) is 3.58. The molecule has 0 bridgehead atoms. The van der Waals surface area contributed by atoms with Crippen molar-refractivity contribution in [3.63, 3.8) is 0 Å². The normalized spacial score (nSPS) is 11.2. The number of aromatic nitrogens is 1. The third kappa shape index (κ3) is 2.20. The molecule has 0 amide bonds. The van der Waals surface area contributed by atoms with E-state index in [4.69, 9.17) is 5.73 Å². The predicted molar refractivity (Wildman–Crippen MR) is 46.5 cm³/mol. The second-order valence-corrected chi connectivity index (χ2v) is 2.49. The minimum Gasteiger partial charge on any atom is -0.402 e. The summed E-state index contributed by atoms with van der Waals surface area (Å²) in [4.78, 5) is 15.1. The van der Waals surface area contributed by atoms with E-state index in [1.54, 1.807) is 31.5 Å². The summed E-state index contributed by atoms with van der Waals surface area (Å²) in [6.45, 7) is 1.68. The zero-order valence-electron chi connectivity index (χ0n) is 6.82. The molecular weight excluding hydrogens is 152 g/mol. The van der Waals surface area contributed by atoms with Crippen molar-refractivity contribution in [1.82, 2.24) is 4.98 Å². The fraction of sp³-hybridized carbons (Fsp3) is 0.111. The van der Waals surface area contributed by atoms with Gasteiger partial charge in [-0.3, -0.25) is 9.78 Å². The molecule has 2 N–H and O–H groups in total. The van der Waals surface area contributed by atoms with Crippen LogP contribution in [0.3, 0.4) is 0 Å². The van der Waals surface area contributed by atoms with E-state index < -0.39 is 0 Å². The van der Waals surface area contributed by atoms with Crippen molar-refractivity contribution < 1.29 is 4.79 Å². The standard InChI is InChI=1S/C9H10N2O/c1-7(10)6-9(12)8-2-4-11-5-3-8/h2-6H,10H2,1H3/b7-6-. The van der Waals surface area contributed by atoms with Crippen molar-refractivity contribution in [2.75, 3.05) is 0 Å². The SMILES string of the molecule is C/C(N)=C/C(=O)c1ccncc1. The van der Waals surface area contributed by atoms with Crippen LogP contribution >= 0.6 is 0 Å². The van der Waals surface area contributed by atoms with Crippen LogP contribution in [0.2, 0.25) is 0 Å². The zero-order chi connectivity index (χ0) is 8.97. The molecule has 0 spiro atoms. The quantitative estimate of drug-likeness (QED) is 0.523. The summed E-state index contributed by atoms with van der Waals surface area (Å²) in [7, 11) is 0. The van der Waals surface area contributed by atoms with Crippen molar-refractivity contribution in [3.05, 3.63) is 41.9 Å². The van der Waals surface area contributed by atoms with E-state index in [2.05, 4.69) is 4.98 Å². The van der Waals surface area contributed by atoms with Crippen molar-refractivity contribution in [2.24, 2.45) is 5.73 Å². The predicted octanol–water partition coefficient (Wildman–Crippen LogP) is 1.13. The van der Waals surface area contributed by atoms with E-state index in [1.165, 1.54) is 6.08 Å². The number of rotatable bonds is 2. The van der Waals surface area contributed by atoms with Gasteiger partial charge in [0.2, 0.25) is 0 Å². The van der Waals surface area contributed by atoms with Crippen molar-refractivity contribution >= 4 is 5.78 Å². The average molecular weight is 162 g/mol. The van der Waals surface area contributed by atoms with Gasteiger partial charge in [0.1, 0.15) is 0 Å². The summed E-state index contributed by atoms with van der Waals surface area (Å²) in [5, 5.41) is 0. The molecule has 0 aliphatic carbocycles. The molecule has 62 valence electrons. The molecule has 0 aromatic carbocycles. The molecule has 0 radical (unpaired) electrons. The molecule has 3 nitrogen and oxygen atoms in total. The third-order valence-electron chi connectivity index (χ3n) is 1.32. The fourth-order valence-corrected chi connectivity index (χ4v) is 0.806. The number of nitrogens with zero attached hydrogens (tertiary/aromatic N) is 1. The van der Waals surface area contributed by atoms with Gasteiger partial charge in [0.05, 0.1) is 0 Å². The molecule has 0 aliphatic rings. The van der Waals surface area contributed by atoms with Gasteiger partial charge in [-0.1, -0.05) is 0 Å². The molecule has 12 heavy (non-hydrogen) atoms. The molecule has 0 unspecified atom stereocenters. The number of carbonyl (C=O) groups is 1. The first-order valence-electron chi connectivity index (χ1n) is 3.58. The highest BCUT2D eigenvalue weighted by Gasteiger charge is 1.99. The van der Waals surface area contributed by atoms with Gasteiger partial charge in [0, 0.05) is 29.7 Å². The molecule has 1 heterocycles. The molecule has 1 aromatic heterocycles. The maximum Gasteiger partial charge on any atom is 0.187 e. The maximum atomic E-state index is 11.3. The molecule has 1 rings (SSSR count). The van der Waals surface area contributed by atoms with Gasteiger partial charge in [-0.2, -0.15) is 0 Å². The van der Waals surface area contributed by atoms with E-state index in [9.17, 15) is 4.79 Å². The van der Waals surface area contributed by atoms with Crippen LogP contribution in [0.5, 0.6) is 0 Å². The molecular formula is C9H10N2O. The first kappa shape index (κ1) is 8.46. The number of carbonyl (C=O) groups excluding carboxylic acids is 1. The second kappa shape index (κ2) is 3.67. The number of nitrogens with two attached hydrogens (primary N) is 1. The second-order valence-electron chi connectivity index (χ2n) is 2.49. The smallest absolute Gasteiger partial charge is 0.187 e. The molecule has 0 saturated carbocycles. The Kier molecular flexibility index (Phi) is 2.58. The Balaban J connectivity index is 2.87. The van der Waals surface area contributed by atoms with Gasteiger partial charge < -0.3 is 5.73 Å². The minimum atomic E-state index is -0.0857. The van der Waals surface area contributed by atoms with Crippen LogP contribution in [0.4, 0.5) is 0 Å². The van der Waals surface area contributed by atoms with Crippen LogP contribution in [0.1, 0.15) is 17.3 Å². The van der Waals surface area contributed by atoms with Crippen LogP contribution < -0.4 is 5.73 Å². The minimum absolute atomic E-state index is 0.0857. The van der Waals surface area contributed by atoms with E-state index >= 15 is 0 Å². The number of ketones is 1. The number of hydrogen-bond acceptors (Lipinski definition) is 3. The van der Waals surface area contributed by atoms with E-state index in [-0.39, 0.29) is 5.78 Å². The highest BCUT2D eigenvalue weighted by molar-refractivity contribution is 6.04. The Morgan fingerprint density at radius 2 is 2.08 bits per heavy atom. The topological polar surface area (TPSA) is 56.0 Å². The van der Waals surface area contributed by atoms with Gasteiger partial charge >= 0.3 is 0 Å². The summed E-state index contributed by atoms with van der Waals surface area (Å²) in [6, 6.07) is 3.31. The maximum absolute atomic E-state index is 11.3. The summed E-state index contributed by atoms with van der Waals surface area (Å²) >= 11 is 0. The Hall–Kier alpha value is -1.64. The zero-order valence-corrected chi connectivity index (χ0v) is 6.82. The Morgan fingerprint density at radius 3 is 2.58 bits per heavy atom. The van der Waals surface area contributed by atoms with Gasteiger partial charge in [-0.15, -0.1) is 0 Å². The van der Waals surface area contributed by atoms with Crippen LogP contribution in [0.15, 0.2) is 36.3 Å². The lowest BCUT2D eigenvalue weighted by molar-refractivity contribution is 0.104. The third-order valence-corrected chi connectivity index (χ3v) is 1.32. The Labute approximate surface area is 70.9 Å². The number of hydrogen-bond donors (Lipinski definition) is 1. The average Bonchev–Trinajstić information content (AvgIpc) is 2.05. The lowest BCUT2D eigenvalue weighted by atomic mass is 10.1.